The van der Waals surface area contributed by atoms with E-state index in [9.17, 15) is 0 Å². The Labute approximate surface area is 105 Å². The Kier molecular flexibility index (Phi) is 5.51. The van der Waals surface area contributed by atoms with Crippen LogP contribution in [0.3, 0.4) is 0 Å². The molecule has 1 atom stereocenters. The largest absolute Gasteiger partial charge is 0.328 e. The first kappa shape index (κ1) is 12.8. The summed E-state index contributed by atoms with van der Waals surface area (Å²) in [5.74, 6) is 4.66. The second-order valence-corrected chi connectivity index (χ2v) is 7.02. The van der Waals surface area contributed by atoms with Gasteiger partial charge in [0.15, 0.2) is 0 Å². The molecule has 2 rings (SSSR count). The molecule has 1 saturated carbocycles. The van der Waals surface area contributed by atoms with E-state index in [0.29, 0.717) is 6.04 Å². The first-order valence-electron chi connectivity index (χ1n) is 7.18. The SMILES string of the molecule is NC(CC1CCCCC1)CC1CCSCC1. The molecule has 2 aliphatic rings. The van der Waals surface area contributed by atoms with Crippen molar-refractivity contribution in [3.8, 4) is 0 Å². The van der Waals surface area contributed by atoms with Gasteiger partial charge in [0.05, 0.1) is 0 Å². The molecule has 1 aliphatic carbocycles. The third-order valence-electron chi connectivity index (χ3n) is 4.34. The van der Waals surface area contributed by atoms with Gasteiger partial charge in [0, 0.05) is 6.04 Å². The lowest BCUT2D eigenvalue weighted by atomic mass is 9.82. The van der Waals surface area contributed by atoms with Crippen LogP contribution in [0.25, 0.3) is 0 Å². The van der Waals surface area contributed by atoms with Crippen LogP contribution in [-0.4, -0.2) is 17.5 Å². The van der Waals surface area contributed by atoms with E-state index in [4.69, 9.17) is 5.73 Å². The van der Waals surface area contributed by atoms with Crippen LogP contribution < -0.4 is 5.73 Å². The van der Waals surface area contributed by atoms with Crippen molar-refractivity contribution in [2.45, 2.75) is 63.8 Å². The molecule has 0 amide bonds. The van der Waals surface area contributed by atoms with Crippen LogP contribution in [0.4, 0.5) is 0 Å². The number of hydrogen-bond acceptors (Lipinski definition) is 2. The Morgan fingerprint density at radius 3 is 2.06 bits per heavy atom. The smallest absolute Gasteiger partial charge is 0.00441 e. The van der Waals surface area contributed by atoms with Crippen LogP contribution in [0.2, 0.25) is 0 Å². The summed E-state index contributed by atoms with van der Waals surface area (Å²) in [6.45, 7) is 0. The fourth-order valence-electron chi connectivity index (χ4n) is 3.36. The molecule has 1 aliphatic heterocycles. The fourth-order valence-corrected chi connectivity index (χ4v) is 4.56. The quantitative estimate of drug-likeness (QED) is 0.810. The second-order valence-electron chi connectivity index (χ2n) is 5.79. The minimum absolute atomic E-state index is 0.496. The Morgan fingerprint density at radius 2 is 1.44 bits per heavy atom. The first-order chi connectivity index (χ1) is 7.84. The Morgan fingerprint density at radius 1 is 0.875 bits per heavy atom. The van der Waals surface area contributed by atoms with Crippen molar-refractivity contribution in [2.75, 3.05) is 11.5 Å². The van der Waals surface area contributed by atoms with E-state index in [0.717, 1.165) is 11.8 Å². The number of thioether (sulfide) groups is 1. The summed E-state index contributed by atoms with van der Waals surface area (Å²) in [7, 11) is 0. The Balaban J connectivity index is 1.64. The van der Waals surface area contributed by atoms with Crippen LogP contribution in [0.5, 0.6) is 0 Å². The molecular weight excluding hydrogens is 214 g/mol. The van der Waals surface area contributed by atoms with E-state index in [1.807, 2.05) is 0 Å². The average molecular weight is 241 g/mol. The second kappa shape index (κ2) is 6.90. The predicted octanol–water partition coefficient (Wildman–Crippen LogP) is 3.82. The third-order valence-corrected chi connectivity index (χ3v) is 5.39. The normalized spacial score (nSPS) is 26.8. The number of hydrogen-bond donors (Lipinski definition) is 1. The number of rotatable bonds is 4. The standard InChI is InChI=1S/C14H27NS/c15-14(10-12-4-2-1-3-5-12)11-13-6-8-16-9-7-13/h12-14H,1-11,15H2. The van der Waals surface area contributed by atoms with Gasteiger partial charge in [0.2, 0.25) is 0 Å². The van der Waals surface area contributed by atoms with E-state index in [1.165, 1.54) is 69.3 Å². The molecule has 1 unspecified atom stereocenters. The molecule has 0 radical (unpaired) electrons. The lowest BCUT2D eigenvalue weighted by molar-refractivity contribution is 0.292. The summed E-state index contributed by atoms with van der Waals surface area (Å²) >= 11 is 2.12. The van der Waals surface area contributed by atoms with Crippen molar-refractivity contribution in [3.63, 3.8) is 0 Å². The highest BCUT2D eigenvalue weighted by molar-refractivity contribution is 7.99. The van der Waals surface area contributed by atoms with Gasteiger partial charge in [-0.2, -0.15) is 11.8 Å². The Hall–Kier alpha value is 0.310. The molecule has 2 heteroatoms. The molecule has 0 bridgehead atoms. The van der Waals surface area contributed by atoms with E-state index >= 15 is 0 Å². The summed E-state index contributed by atoms with van der Waals surface area (Å²) in [6.07, 6.45) is 12.7. The zero-order valence-corrected chi connectivity index (χ0v) is 11.3. The molecule has 94 valence electrons. The van der Waals surface area contributed by atoms with Gasteiger partial charge < -0.3 is 5.73 Å². The van der Waals surface area contributed by atoms with Crippen molar-refractivity contribution in [2.24, 2.45) is 17.6 Å². The molecule has 16 heavy (non-hydrogen) atoms. The van der Waals surface area contributed by atoms with Crippen molar-refractivity contribution in [3.05, 3.63) is 0 Å². The minimum Gasteiger partial charge on any atom is -0.328 e. The maximum atomic E-state index is 6.33. The van der Waals surface area contributed by atoms with Crippen molar-refractivity contribution >= 4 is 11.8 Å². The van der Waals surface area contributed by atoms with Crippen LogP contribution >= 0.6 is 11.8 Å². The third kappa shape index (κ3) is 4.29. The highest BCUT2D eigenvalue weighted by Gasteiger charge is 2.20. The van der Waals surface area contributed by atoms with Crippen LogP contribution in [0.15, 0.2) is 0 Å². The maximum Gasteiger partial charge on any atom is 0.00441 e. The summed E-state index contributed by atoms with van der Waals surface area (Å²) in [5.41, 5.74) is 6.33. The van der Waals surface area contributed by atoms with E-state index < -0.39 is 0 Å². The average Bonchev–Trinajstić information content (AvgIpc) is 2.31. The molecular formula is C14H27NS. The zero-order chi connectivity index (χ0) is 11.2. The van der Waals surface area contributed by atoms with Gasteiger partial charge in [-0.25, -0.2) is 0 Å². The minimum atomic E-state index is 0.496. The summed E-state index contributed by atoms with van der Waals surface area (Å²) < 4.78 is 0. The topological polar surface area (TPSA) is 26.0 Å². The van der Waals surface area contributed by atoms with E-state index in [-0.39, 0.29) is 0 Å². The van der Waals surface area contributed by atoms with Crippen molar-refractivity contribution < 1.29 is 0 Å². The number of nitrogens with two attached hydrogens (primary N) is 1. The van der Waals surface area contributed by atoms with Gasteiger partial charge in [-0.1, -0.05) is 32.1 Å². The van der Waals surface area contributed by atoms with E-state index in [2.05, 4.69) is 11.8 Å². The van der Waals surface area contributed by atoms with Gasteiger partial charge in [-0.15, -0.1) is 0 Å². The lowest BCUT2D eigenvalue weighted by Crippen LogP contribution is -2.28. The van der Waals surface area contributed by atoms with Gasteiger partial charge in [-0.3, -0.25) is 0 Å². The van der Waals surface area contributed by atoms with Crippen LogP contribution in [-0.2, 0) is 0 Å². The van der Waals surface area contributed by atoms with Crippen molar-refractivity contribution in [1.29, 1.82) is 0 Å². The monoisotopic (exact) mass is 241 g/mol. The molecule has 1 saturated heterocycles. The molecule has 0 aromatic rings. The van der Waals surface area contributed by atoms with Gasteiger partial charge in [0.25, 0.3) is 0 Å². The summed E-state index contributed by atoms with van der Waals surface area (Å²) in [4.78, 5) is 0. The molecule has 2 fully saturated rings. The molecule has 0 aromatic heterocycles. The van der Waals surface area contributed by atoms with Gasteiger partial charge in [-0.05, 0) is 49.0 Å². The first-order valence-corrected chi connectivity index (χ1v) is 8.33. The maximum absolute atomic E-state index is 6.33. The predicted molar refractivity (Wildman–Crippen MR) is 73.8 cm³/mol. The summed E-state index contributed by atoms with van der Waals surface area (Å²) in [6, 6.07) is 0.496. The zero-order valence-electron chi connectivity index (χ0n) is 10.5. The van der Waals surface area contributed by atoms with Gasteiger partial charge >= 0.3 is 0 Å². The van der Waals surface area contributed by atoms with Crippen LogP contribution in [0.1, 0.15) is 57.8 Å². The van der Waals surface area contributed by atoms with Crippen LogP contribution in [0, 0.1) is 11.8 Å². The van der Waals surface area contributed by atoms with Gasteiger partial charge in [0.1, 0.15) is 0 Å². The molecule has 0 aromatic carbocycles. The van der Waals surface area contributed by atoms with Crippen molar-refractivity contribution in [1.82, 2.24) is 0 Å². The molecule has 2 N–H and O–H groups in total. The highest BCUT2D eigenvalue weighted by atomic mass is 32.2. The highest BCUT2D eigenvalue weighted by Crippen LogP contribution is 2.30. The Bertz CT molecular complexity index is 163. The molecule has 0 spiro atoms. The fraction of sp³-hybridized carbons (Fsp3) is 1.00. The molecule has 1 nitrogen and oxygen atoms in total. The molecule has 1 heterocycles. The lowest BCUT2D eigenvalue weighted by Gasteiger charge is -2.28. The van der Waals surface area contributed by atoms with E-state index in [1.54, 1.807) is 0 Å². The summed E-state index contributed by atoms with van der Waals surface area (Å²) in [5, 5.41) is 0.